The molecule has 1 heterocycles. The molecule has 0 bridgehead atoms. The smallest absolute Gasteiger partial charge is 0.142 e. The quantitative estimate of drug-likeness (QED) is 0.691. The molecule has 0 N–H and O–H groups in total. The standard InChI is InChI=1S/C10H17NO/c1-5-6-7(2)10-8(3)9(4)11-12-10/h7H,5-6H2,1-4H3. The van der Waals surface area contributed by atoms with Crippen molar-refractivity contribution in [2.45, 2.75) is 46.5 Å². The largest absolute Gasteiger partial charge is 0.361 e. The molecular formula is C10H17NO. The third kappa shape index (κ3) is 1.68. The third-order valence-corrected chi connectivity index (χ3v) is 2.36. The third-order valence-electron chi connectivity index (χ3n) is 2.36. The maximum Gasteiger partial charge on any atom is 0.142 e. The van der Waals surface area contributed by atoms with Crippen molar-refractivity contribution in [3.05, 3.63) is 17.0 Å². The Labute approximate surface area is 74.0 Å². The summed E-state index contributed by atoms with van der Waals surface area (Å²) in [5, 5.41) is 3.94. The molecule has 1 aromatic rings. The van der Waals surface area contributed by atoms with Crippen LogP contribution in [-0.4, -0.2) is 5.16 Å². The first-order valence-electron chi connectivity index (χ1n) is 4.59. The molecule has 1 atom stereocenters. The number of hydrogen-bond donors (Lipinski definition) is 0. The number of nitrogens with zero attached hydrogens (tertiary/aromatic N) is 1. The van der Waals surface area contributed by atoms with Crippen LogP contribution in [0.5, 0.6) is 0 Å². The summed E-state index contributed by atoms with van der Waals surface area (Å²) < 4.78 is 5.26. The Hall–Kier alpha value is -0.790. The lowest BCUT2D eigenvalue weighted by molar-refractivity contribution is 0.355. The SMILES string of the molecule is CCCC(C)c1onc(C)c1C. The Balaban J connectivity index is 2.80. The van der Waals surface area contributed by atoms with E-state index in [4.69, 9.17) is 4.52 Å². The molecule has 2 heteroatoms. The van der Waals surface area contributed by atoms with Gasteiger partial charge in [0.15, 0.2) is 0 Å². The van der Waals surface area contributed by atoms with E-state index in [1.54, 1.807) is 0 Å². The minimum atomic E-state index is 0.510. The Bertz CT molecular complexity index is 252. The molecule has 1 unspecified atom stereocenters. The van der Waals surface area contributed by atoms with Crippen molar-refractivity contribution < 1.29 is 4.52 Å². The van der Waals surface area contributed by atoms with E-state index in [2.05, 4.69) is 25.9 Å². The molecule has 2 nitrogen and oxygen atoms in total. The lowest BCUT2D eigenvalue weighted by atomic mass is 10.00. The highest BCUT2D eigenvalue weighted by molar-refractivity contribution is 5.22. The Kier molecular flexibility index (Phi) is 2.90. The molecule has 0 saturated heterocycles. The number of hydrogen-bond acceptors (Lipinski definition) is 2. The second kappa shape index (κ2) is 3.74. The zero-order valence-electron chi connectivity index (χ0n) is 8.35. The molecule has 12 heavy (non-hydrogen) atoms. The predicted octanol–water partition coefficient (Wildman–Crippen LogP) is 3.20. The van der Waals surface area contributed by atoms with Crippen LogP contribution in [0, 0.1) is 13.8 Å². The van der Waals surface area contributed by atoms with E-state index in [-0.39, 0.29) is 0 Å². The maximum absolute atomic E-state index is 5.26. The molecular weight excluding hydrogens is 150 g/mol. The summed E-state index contributed by atoms with van der Waals surface area (Å²) in [7, 11) is 0. The number of aryl methyl sites for hydroxylation is 1. The second-order valence-electron chi connectivity index (χ2n) is 3.45. The number of aromatic nitrogens is 1. The molecule has 68 valence electrons. The average molecular weight is 167 g/mol. The Morgan fingerprint density at radius 2 is 2.08 bits per heavy atom. The van der Waals surface area contributed by atoms with Crippen molar-refractivity contribution >= 4 is 0 Å². The van der Waals surface area contributed by atoms with E-state index in [0.717, 1.165) is 11.5 Å². The number of rotatable bonds is 3. The molecule has 0 aliphatic heterocycles. The van der Waals surface area contributed by atoms with Crippen molar-refractivity contribution in [2.75, 3.05) is 0 Å². The van der Waals surface area contributed by atoms with Crippen LogP contribution >= 0.6 is 0 Å². The molecule has 1 aromatic heterocycles. The molecule has 0 aliphatic rings. The lowest BCUT2D eigenvalue weighted by Gasteiger charge is -2.05. The van der Waals surface area contributed by atoms with Gasteiger partial charge in [-0.25, -0.2) is 0 Å². The average Bonchev–Trinajstić information content (AvgIpc) is 2.34. The van der Waals surface area contributed by atoms with Gasteiger partial charge in [0.05, 0.1) is 5.69 Å². The summed E-state index contributed by atoms with van der Waals surface area (Å²) in [6.45, 7) is 8.44. The second-order valence-corrected chi connectivity index (χ2v) is 3.45. The zero-order chi connectivity index (χ0) is 9.14. The van der Waals surface area contributed by atoms with Gasteiger partial charge >= 0.3 is 0 Å². The van der Waals surface area contributed by atoms with Crippen molar-refractivity contribution in [3.8, 4) is 0 Å². The van der Waals surface area contributed by atoms with Crippen molar-refractivity contribution in [3.63, 3.8) is 0 Å². The highest BCUT2D eigenvalue weighted by Gasteiger charge is 2.14. The summed E-state index contributed by atoms with van der Waals surface area (Å²) in [5.74, 6) is 1.57. The summed E-state index contributed by atoms with van der Waals surface area (Å²) in [6, 6.07) is 0. The highest BCUT2D eigenvalue weighted by atomic mass is 16.5. The van der Waals surface area contributed by atoms with E-state index in [1.807, 2.05) is 6.92 Å². The zero-order valence-corrected chi connectivity index (χ0v) is 8.35. The van der Waals surface area contributed by atoms with Gasteiger partial charge in [-0.2, -0.15) is 0 Å². The van der Waals surface area contributed by atoms with Crippen LogP contribution in [-0.2, 0) is 0 Å². The Morgan fingerprint density at radius 3 is 2.50 bits per heavy atom. The first-order chi connectivity index (χ1) is 5.66. The van der Waals surface area contributed by atoms with Crippen molar-refractivity contribution in [2.24, 2.45) is 0 Å². The molecule has 1 rings (SSSR count). The fraction of sp³-hybridized carbons (Fsp3) is 0.700. The van der Waals surface area contributed by atoms with Gasteiger partial charge < -0.3 is 4.52 Å². The van der Waals surface area contributed by atoms with Crippen LogP contribution in [0.2, 0.25) is 0 Å². The monoisotopic (exact) mass is 167 g/mol. The molecule has 0 aromatic carbocycles. The van der Waals surface area contributed by atoms with E-state index in [9.17, 15) is 0 Å². The first-order valence-corrected chi connectivity index (χ1v) is 4.59. The Morgan fingerprint density at radius 1 is 1.42 bits per heavy atom. The molecule has 0 aliphatic carbocycles. The highest BCUT2D eigenvalue weighted by Crippen LogP contribution is 2.25. The first kappa shape index (κ1) is 9.30. The molecule has 0 amide bonds. The van der Waals surface area contributed by atoms with Gasteiger partial charge in [-0.1, -0.05) is 25.4 Å². The van der Waals surface area contributed by atoms with E-state index < -0.39 is 0 Å². The molecule has 0 radical (unpaired) electrons. The van der Waals surface area contributed by atoms with Gasteiger partial charge in [-0.3, -0.25) is 0 Å². The van der Waals surface area contributed by atoms with Gasteiger partial charge in [0.1, 0.15) is 5.76 Å². The molecule has 0 spiro atoms. The van der Waals surface area contributed by atoms with Crippen LogP contribution in [0.4, 0.5) is 0 Å². The lowest BCUT2D eigenvalue weighted by Crippen LogP contribution is -1.92. The summed E-state index contributed by atoms with van der Waals surface area (Å²) >= 11 is 0. The van der Waals surface area contributed by atoms with E-state index in [0.29, 0.717) is 5.92 Å². The van der Waals surface area contributed by atoms with Gasteiger partial charge in [-0.05, 0) is 20.3 Å². The maximum atomic E-state index is 5.26. The van der Waals surface area contributed by atoms with Crippen LogP contribution in [0.15, 0.2) is 4.52 Å². The predicted molar refractivity (Wildman–Crippen MR) is 49.3 cm³/mol. The van der Waals surface area contributed by atoms with Crippen molar-refractivity contribution in [1.82, 2.24) is 5.16 Å². The van der Waals surface area contributed by atoms with Crippen LogP contribution in [0.1, 0.15) is 49.6 Å². The summed E-state index contributed by atoms with van der Waals surface area (Å²) in [5.41, 5.74) is 2.24. The van der Waals surface area contributed by atoms with Gasteiger partial charge in [0.2, 0.25) is 0 Å². The van der Waals surface area contributed by atoms with Crippen LogP contribution in [0.25, 0.3) is 0 Å². The fourth-order valence-corrected chi connectivity index (χ4v) is 1.46. The minimum Gasteiger partial charge on any atom is -0.361 e. The van der Waals surface area contributed by atoms with Crippen LogP contribution < -0.4 is 0 Å². The van der Waals surface area contributed by atoms with E-state index in [1.165, 1.54) is 18.4 Å². The van der Waals surface area contributed by atoms with Crippen molar-refractivity contribution in [1.29, 1.82) is 0 Å². The van der Waals surface area contributed by atoms with Gasteiger partial charge in [0.25, 0.3) is 0 Å². The van der Waals surface area contributed by atoms with Crippen LogP contribution in [0.3, 0.4) is 0 Å². The summed E-state index contributed by atoms with van der Waals surface area (Å²) in [4.78, 5) is 0. The van der Waals surface area contributed by atoms with Gasteiger partial charge in [-0.15, -0.1) is 0 Å². The summed E-state index contributed by atoms with van der Waals surface area (Å²) in [6.07, 6.45) is 2.37. The molecule has 0 saturated carbocycles. The molecule has 0 fully saturated rings. The fourth-order valence-electron chi connectivity index (χ4n) is 1.46. The van der Waals surface area contributed by atoms with Gasteiger partial charge in [0, 0.05) is 11.5 Å². The normalized spacial score (nSPS) is 13.3. The topological polar surface area (TPSA) is 26.0 Å². The minimum absolute atomic E-state index is 0.510. The van der Waals surface area contributed by atoms with E-state index >= 15 is 0 Å².